The lowest BCUT2D eigenvalue weighted by atomic mass is 10.1. The first-order valence-electron chi connectivity index (χ1n) is 20.3. The molecule has 0 saturated carbocycles. The molecule has 16 heteroatoms. The fourth-order valence-corrected chi connectivity index (χ4v) is 7.88. The van der Waals surface area contributed by atoms with Gasteiger partial charge in [0.15, 0.2) is 23.0 Å². The standard InChI is InChI=1S/C46H47N5O11/c1-5-27-13-31-21-47-36-19-40(38(57-3)17-34(36)45(55)49(31)23-27)60-25-29-12-30(16-33(15-29)59-11-7-8-44(54)62-51-42(52)9-10-43(51)53)26-61-41-20-37-35(18-39(41)58-4)46(56)50-24-28(6-2)14-32(50)22-48-37/h5-6,9-10,12,15-22,31-32,52-53H,7-8,11,13-14,23-26H2,1-4H3/t31-,32-/m0/s1. The third kappa shape index (κ3) is 8.53. The van der Waals surface area contributed by atoms with Crippen LogP contribution in [0.5, 0.6) is 40.5 Å². The quantitative estimate of drug-likeness (QED) is 0.103. The number of ether oxygens (including phenoxy) is 5. The van der Waals surface area contributed by atoms with E-state index in [-0.39, 0.29) is 56.6 Å². The number of amides is 2. The SMILES string of the molecule is CC=C1C[C@H]2C=Nc3cc(OCc4cc(COc5cc6c(cc5OC)C(=O)N5CC(=CC)C[C@H]5C=N6)cc(OCCCC(=O)On5c(O)ccc5O)c4)c(OC)cc3C(=O)N2C1. The first kappa shape index (κ1) is 41.5. The highest BCUT2D eigenvalue weighted by molar-refractivity contribution is 6.04. The van der Waals surface area contributed by atoms with Gasteiger partial charge in [0.2, 0.25) is 11.8 Å². The van der Waals surface area contributed by atoms with Gasteiger partial charge >= 0.3 is 5.97 Å². The number of rotatable bonds is 14. The number of hydrogen-bond donors (Lipinski definition) is 2. The van der Waals surface area contributed by atoms with Crippen LogP contribution in [0, 0.1) is 0 Å². The van der Waals surface area contributed by atoms with Crippen LogP contribution in [-0.4, -0.2) is 101 Å². The number of carbonyl (C=O) groups excluding carboxylic acids is 3. The molecule has 2 saturated heterocycles. The van der Waals surface area contributed by atoms with Gasteiger partial charge in [0.25, 0.3) is 11.8 Å². The number of aromatic hydroxyl groups is 2. The summed E-state index contributed by atoms with van der Waals surface area (Å²) in [7, 11) is 3.03. The Morgan fingerprint density at radius 2 is 1.21 bits per heavy atom. The van der Waals surface area contributed by atoms with Gasteiger partial charge in [-0.05, 0) is 74.6 Å². The lowest BCUT2D eigenvalue weighted by molar-refractivity contribution is -0.145. The zero-order valence-electron chi connectivity index (χ0n) is 34.8. The van der Waals surface area contributed by atoms with Crippen molar-refractivity contribution in [1.29, 1.82) is 0 Å². The van der Waals surface area contributed by atoms with Crippen LogP contribution < -0.4 is 28.5 Å². The first-order valence-corrected chi connectivity index (χ1v) is 20.3. The second-order valence-electron chi connectivity index (χ2n) is 15.2. The summed E-state index contributed by atoms with van der Waals surface area (Å²) in [6.45, 7) is 5.31. The normalized spacial score (nSPS) is 18.8. The molecule has 16 nitrogen and oxygen atoms in total. The van der Waals surface area contributed by atoms with Crippen molar-refractivity contribution in [3.63, 3.8) is 0 Å². The lowest BCUT2D eigenvalue weighted by Crippen LogP contribution is -2.35. The van der Waals surface area contributed by atoms with Gasteiger partial charge in [-0.2, -0.15) is 0 Å². The van der Waals surface area contributed by atoms with E-state index in [1.165, 1.54) is 37.5 Å². The fraction of sp³-hybridized carbons (Fsp3) is 0.326. The van der Waals surface area contributed by atoms with Gasteiger partial charge < -0.3 is 48.5 Å². The number of aromatic nitrogens is 1. The van der Waals surface area contributed by atoms with Crippen molar-refractivity contribution in [1.82, 2.24) is 14.5 Å². The number of hydrogen-bond acceptors (Lipinski definition) is 13. The summed E-state index contributed by atoms with van der Waals surface area (Å²) in [4.78, 5) is 57.8. The molecule has 8 rings (SSSR count). The minimum Gasteiger partial charge on any atom is -0.494 e. The average molecular weight is 846 g/mol. The van der Waals surface area contributed by atoms with E-state index in [0.29, 0.717) is 80.2 Å². The summed E-state index contributed by atoms with van der Waals surface area (Å²) in [5.41, 5.74) is 5.61. The number of nitrogens with zero attached hydrogens (tertiary/aromatic N) is 5. The van der Waals surface area contributed by atoms with Gasteiger partial charge in [0.1, 0.15) is 19.0 Å². The molecule has 0 aliphatic carbocycles. The van der Waals surface area contributed by atoms with Crippen molar-refractivity contribution in [2.45, 2.75) is 64.8 Å². The molecule has 4 aliphatic rings. The van der Waals surface area contributed by atoms with Crippen molar-refractivity contribution in [3.8, 4) is 40.5 Å². The van der Waals surface area contributed by atoms with Crippen LogP contribution in [0.2, 0.25) is 0 Å². The maximum absolute atomic E-state index is 13.6. The van der Waals surface area contributed by atoms with Crippen molar-refractivity contribution < 1.29 is 53.1 Å². The van der Waals surface area contributed by atoms with Gasteiger partial charge in [-0.15, -0.1) is 4.73 Å². The van der Waals surface area contributed by atoms with E-state index in [0.717, 1.165) is 12.8 Å². The number of fused-ring (bicyclic) bond motifs is 4. The summed E-state index contributed by atoms with van der Waals surface area (Å²) in [5, 5.41) is 19.6. The van der Waals surface area contributed by atoms with Gasteiger partial charge in [0, 0.05) is 49.8 Å². The topological polar surface area (TPSA) is 183 Å². The van der Waals surface area contributed by atoms with E-state index < -0.39 is 17.7 Å². The molecular weight excluding hydrogens is 799 g/mol. The highest BCUT2D eigenvalue weighted by atomic mass is 16.7. The number of allylic oxidation sites excluding steroid dienone is 2. The van der Waals surface area contributed by atoms with Crippen molar-refractivity contribution in [2.24, 2.45) is 9.98 Å². The summed E-state index contributed by atoms with van der Waals surface area (Å²) < 4.78 is 30.8. The van der Waals surface area contributed by atoms with E-state index in [9.17, 15) is 24.6 Å². The Bertz CT molecular complexity index is 2380. The predicted molar refractivity (Wildman–Crippen MR) is 228 cm³/mol. The van der Waals surface area contributed by atoms with E-state index in [4.69, 9.17) is 28.5 Å². The molecule has 62 heavy (non-hydrogen) atoms. The average Bonchev–Trinajstić information content (AvgIpc) is 3.95. The molecular formula is C46H47N5O11. The molecule has 2 amide bonds. The summed E-state index contributed by atoms with van der Waals surface area (Å²) in [6.07, 6.45) is 9.37. The highest BCUT2D eigenvalue weighted by Gasteiger charge is 2.36. The molecule has 322 valence electrons. The Kier molecular flexibility index (Phi) is 11.9. The Hall–Kier alpha value is -7.23. The van der Waals surface area contributed by atoms with Gasteiger partial charge in [-0.1, -0.05) is 23.3 Å². The van der Waals surface area contributed by atoms with E-state index in [1.54, 1.807) is 36.4 Å². The third-order valence-corrected chi connectivity index (χ3v) is 11.2. The molecule has 0 unspecified atom stereocenters. The summed E-state index contributed by atoms with van der Waals surface area (Å²) in [6, 6.07) is 14.4. The van der Waals surface area contributed by atoms with E-state index in [2.05, 4.69) is 9.98 Å². The lowest BCUT2D eigenvalue weighted by Gasteiger charge is -2.20. The van der Waals surface area contributed by atoms with Crippen LogP contribution in [0.15, 0.2) is 87.9 Å². The van der Waals surface area contributed by atoms with Crippen LogP contribution in [0.4, 0.5) is 11.4 Å². The Balaban J connectivity index is 1.01. The maximum atomic E-state index is 13.6. The van der Waals surface area contributed by atoms with Crippen LogP contribution in [-0.2, 0) is 18.0 Å². The molecule has 2 N–H and O–H groups in total. The summed E-state index contributed by atoms with van der Waals surface area (Å²) >= 11 is 0. The third-order valence-electron chi connectivity index (χ3n) is 11.2. The largest absolute Gasteiger partial charge is 0.494 e. The second-order valence-corrected chi connectivity index (χ2v) is 15.2. The van der Waals surface area contributed by atoms with E-state index >= 15 is 0 Å². The molecule has 0 bridgehead atoms. The Labute approximate surface area is 357 Å². The molecule has 4 aliphatic heterocycles. The van der Waals surface area contributed by atoms with Crippen molar-refractivity contribution >= 4 is 41.6 Å². The molecule has 2 atom stereocenters. The van der Waals surface area contributed by atoms with Crippen molar-refractivity contribution in [2.75, 3.05) is 33.9 Å². The van der Waals surface area contributed by atoms with Gasteiger partial charge in [-0.25, -0.2) is 4.79 Å². The number of carbonyl (C=O) groups is 3. The second kappa shape index (κ2) is 17.8. The number of aliphatic imine (C=N–C) groups is 2. The van der Waals surface area contributed by atoms with Crippen LogP contribution >= 0.6 is 0 Å². The number of benzene rings is 3. The van der Waals surface area contributed by atoms with E-state index in [1.807, 2.05) is 54.3 Å². The van der Waals surface area contributed by atoms with Gasteiger partial charge in [-0.3, -0.25) is 19.6 Å². The predicted octanol–water partition coefficient (Wildman–Crippen LogP) is 6.64. The molecule has 2 fully saturated rings. The molecule has 3 aromatic carbocycles. The minimum absolute atomic E-state index is 0.0635. The monoisotopic (exact) mass is 845 g/mol. The zero-order valence-corrected chi connectivity index (χ0v) is 34.8. The fourth-order valence-electron chi connectivity index (χ4n) is 7.88. The Morgan fingerprint density at radius 1 is 0.710 bits per heavy atom. The van der Waals surface area contributed by atoms with Gasteiger partial charge in [0.05, 0.1) is 61.8 Å². The maximum Gasteiger partial charge on any atom is 0.333 e. The number of methoxy groups -OCH3 is 2. The van der Waals surface area contributed by atoms with Crippen LogP contribution in [0.3, 0.4) is 0 Å². The summed E-state index contributed by atoms with van der Waals surface area (Å²) in [5.74, 6) is 0.239. The van der Waals surface area contributed by atoms with Crippen LogP contribution in [0.1, 0.15) is 71.4 Å². The van der Waals surface area contributed by atoms with Crippen LogP contribution in [0.25, 0.3) is 0 Å². The molecule has 0 radical (unpaired) electrons. The molecule has 5 heterocycles. The zero-order chi connectivity index (χ0) is 43.5. The minimum atomic E-state index is -0.681. The molecule has 4 aromatic rings. The first-order chi connectivity index (χ1) is 30.0. The Morgan fingerprint density at radius 3 is 1.68 bits per heavy atom. The smallest absolute Gasteiger partial charge is 0.333 e. The highest BCUT2D eigenvalue weighted by Crippen LogP contribution is 2.41. The molecule has 1 aromatic heterocycles. The molecule has 0 spiro atoms. The van der Waals surface area contributed by atoms with Crippen molar-refractivity contribution in [3.05, 3.63) is 100 Å².